The summed E-state index contributed by atoms with van der Waals surface area (Å²) in [4.78, 5) is 2.58. The molecule has 0 aliphatic rings. The molecule has 0 radical (unpaired) electrons. The van der Waals surface area contributed by atoms with Gasteiger partial charge in [-0.25, -0.2) is 0 Å². The van der Waals surface area contributed by atoms with Crippen LogP contribution >= 0.6 is 0 Å². The fourth-order valence-electron chi connectivity index (χ4n) is 3.10. The van der Waals surface area contributed by atoms with Gasteiger partial charge < -0.3 is 10.2 Å². The number of nitrogens with one attached hydrogen (secondary N) is 1. The Morgan fingerprint density at radius 3 is 2.00 bits per heavy atom. The summed E-state index contributed by atoms with van der Waals surface area (Å²) in [6.07, 6.45) is 12.3. The monoisotopic (exact) mass is 412 g/mol. The van der Waals surface area contributed by atoms with Gasteiger partial charge in [-0.15, -0.1) is 13.2 Å². The third-order valence-electron chi connectivity index (χ3n) is 4.56. The van der Waals surface area contributed by atoms with E-state index in [0.717, 1.165) is 6.42 Å². The van der Waals surface area contributed by atoms with E-state index >= 15 is 0 Å². The molecule has 1 aromatic rings. The van der Waals surface area contributed by atoms with Crippen LogP contribution in [-0.4, -0.2) is 24.5 Å². The smallest absolute Gasteiger partial charge is 0.000664 e. The lowest BCUT2D eigenvalue weighted by Crippen LogP contribution is -2.26. The minimum atomic E-state index is 1.10. The van der Waals surface area contributed by atoms with Crippen LogP contribution in [0.3, 0.4) is 0 Å². The van der Waals surface area contributed by atoms with Crippen LogP contribution in [0.4, 0.5) is 0 Å². The number of allylic oxidation sites excluding steroid dienone is 2. The second kappa shape index (κ2) is 23.2. The van der Waals surface area contributed by atoms with Crippen molar-refractivity contribution in [2.45, 2.75) is 72.6 Å². The van der Waals surface area contributed by atoms with Gasteiger partial charge in [-0.05, 0) is 88.6 Å². The lowest BCUT2D eigenvalue weighted by atomic mass is 10.0. The molecule has 170 valence electrons. The fourth-order valence-corrected chi connectivity index (χ4v) is 3.10. The molecule has 0 saturated heterocycles. The number of nitrogens with zero attached hydrogens (tertiary/aromatic N) is 1. The number of unbranched alkanes of at least 4 members (excludes halogenated alkanes) is 1. The first-order chi connectivity index (χ1) is 14.6. The Labute approximate surface area is 188 Å². The van der Waals surface area contributed by atoms with Gasteiger partial charge in [0.2, 0.25) is 0 Å². The summed E-state index contributed by atoms with van der Waals surface area (Å²) in [6.45, 7) is 26.3. The summed E-state index contributed by atoms with van der Waals surface area (Å²) in [5.41, 5.74) is 3.92. The lowest BCUT2D eigenvalue weighted by Gasteiger charge is -2.20. The van der Waals surface area contributed by atoms with Crippen LogP contribution in [0.15, 0.2) is 74.6 Å². The van der Waals surface area contributed by atoms with Crippen molar-refractivity contribution in [2.75, 3.05) is 19.6 Å². The Bertz CT molecular complexity index is 539. The summed E-state index contributed by atoms with van der Waals surface area (Å²) in [5, 5.41) is 3.03. The summed E-state index contributed by atoms with van der Waals surface area (Å²) < 4.78 is 0. The van der Waals surface area contributed by atoms with E-state index < -0.39 is 0 Å². The highest BCUT2D eigenvalue weighted by Gasteiger charge is 2.01. The van der Waals surface area contributed by atoms with E-state index in [9.17, 15) is 0 Å². The van der Waals surface area contributed by atoms with Gasteiger partial charge in [-0.1, -0.05) is 76.3 Å². The molecule has 0 saturated carbocycles. The second-order valence-corrected chi connectivity index (χ2v) is 7.38. The second-order valence-electron chi connectivity index (χ2n) is 7.38. The van der Waals surface area contributed by atoms with Crippen molar-refractivity contribution in [2.24, 2.45) is 0 Å². The Hall–Kier alpha value is -2.06. The lowest BCUT2D eigenvalue weighted by molar-refractivity contribution is 0.269. The average Bonchev–Trinajstić information content (AvgIpc) is 2.78. The predicted octanol–water partition coefficient (Wildman–Crippen LogP) is 8.22. The van der Waals surface area contributed by atoms with Crippen LogP contribution in [-0.2, 0) is 0 Å². The average molecular weight is 413 g/mol. The van der Waals surface area contributed by atoms with Gasteiger partial charge >= 0.3 is 0 Å². The van der Waals surface area contributed by atoms with Crippen LogP contribution in [0, 0.1) is 0 Å². The van der Waals surface area contributed by atoms with Gasteiger partial charge in [0.15, 0.2) is 0 Å². The molecular formula is C28H48N2. The molecule has 1 aromatic carbocycles. The molecule has 0 spiro atoms. The minimum absolute atomic E-state index is 1.10. The zero-order chi connectivity index (χ0) is 23.0. The fraction of sp³-hybridized carbons (Fsp3) is 0.500. The standard InChI is InChI=1S/C15H30N2.C11H14.C2H4/c1-5-11-17(12-6-2)13-9-8-10-15(4)14-16-7-3;1-3-7-10(2)11-8-5-4-6-9-11;1-2/h7,14,16H,3,5-6,8-13H2,1-2,4H3;4-6,8-9H,2-3,7H2,1H3;1-2H2/b15-14+;;. The van der Waals surface area contributed by atoms with E-state index in [2.05, 4.69) is 88.5 Å². The molecule has 0 unspecified atom stereocenters. The molecule has 2 nitrogen and oxygen atoms in total. The molecule has 1 rings (SSSR count). The van der Waals surface area contributed by atoms with Gasteiger partial charge in [0, 0.05) is 0 Å². The van der Waals surface area contributed by atoms with E-state index in [0.29, 0.717) is 0 Å². The highest BCUT2D eigenvalue weighted by molar-refractivity contribution is 5.62. The van der Waals surface area contributed by atoms with Gasteiger partial charge in [0.25, 0.3) is 0 Å². The van der Waals surface area contributed by atoms with Crippen LogP contribution in [0.1, 0.15) is 78.2 Å². The highest BCUT2D eigenvalue weighted by atomic mass is 15.1. The first kappa shape index (κ1) is 30.1. The van der Waals surface area contributed by atoms with E-state index in [1.54, 1.807) is 6.20 Å². The molecule has 0 fully saturated rings. The van der Waals surface area contributed by atoms with Gasteiger partial charge in [-0.2, -0.15) is 0 Å². The Balaban J connectivity index is 0. The van der Waals surface area contributed by atoms with Gasteiger partial charge in [0.05, 0.1) is 0 Å². The van der Waals surface area contributed by atoms with Crippen molar-refractivity contribution < 1.29 is 0 Å². The van der Waals surface area contributed by atoms with Crippen molar-refractivity contribution in [3.63, 3.8) is 0 Å². The Morgan fingerprint density at radius 1 is 0.900 bits per heavy atom. The maximum atomic E-state index is 4.01. The van der Waals surface area contributed by atoms with Gasteiger partial charge in [-0.3, -0.25) is 0 Å². The largest absolute Gasteiger partial charge is 0.368 e. The number of benzene rings is 1. The number of hydrogen-bond acceptors (Lipinski definition) is 2. The summed E-state index contributed by atoms with van der Waals surface area (Å²) in [6, 6.07) is 10.4. The molecule has 30 heavy (non-hydrogen) atoms. The summed E-state index contributed by atoms with van der Waals surface area (Å²) >= 11 is 0. The Morgan fingerprint density at radius 2 is 1.50 bits per heavy atom. The molecular weight excluding hydrogens is 364 g/mol. The van der Waals surface area contributed by atoms with Crippen LogP contribution < -0.4 is 5.32 Å². The number of rotatable bonds is 14. The minimum Gasteiger partial charge on any atom is -0.368 e. The third-order valence-corrected chi connectivity index (χ3v) is 4.56. The van der Waals surface area contributed by atoms with E-state index in [1.165, 1.54) is 74.9 Å². The highest BCUT2D eigenvalue weighted by Crippen LogP contribution is 2.16. The van der Waals surface area contributed by atoms with E-state index in [1.807, 2.05) is 12.3 Å². The maximum absolute atomic E-state index is 4.01. The van der Waals surface area contributed by atoms with E-state index in [-0.39, 0.29) is 0 Å². The van der Waals surface area contributed by atoms with E-state index in [4.69, 9.17) is 0 Å². The van der Waals surface area contributed by atoms with Gasteiger partial charge in [0.1, 0.15) is 0 Å². The van der Waals surface area contributed by atoms with Crippen molar-refractivity contribution >= 4 is 5.57 Å². The topological polar surface area (TPSA) is 15.3 Å². The molecule has 0 amide bonds. The zero-order valence-corrected chi connectivity index (χ0v) is 20.4. The van der Waals surface area contributed by atoms with Crippen molar-refractivity contribution in [3.8, 4) is 0 Å². The summed E-state index contributed by atoms with van der Waals surface area (Å²) in [5.74, 6) is 0. The summed E-state index contributed by atoms with van der Waals surface area (Å²) in [7, 11) is 0. The first-order valence-corrected chi connectivity index (χ1v) is 11.6. The molecule has 0 aromatic heterocycles. The van der Waals surface area contributed by atoms with Crippen LogP contribution in [0.25, 0.3) is 5.57 Å². The quantitative estimate of drug-likeness (QED) is 0.244. The Kier molecular flexibility index (Phi) is 23.3. The van der Waals surface area contributed by atoms with Crippen LogP contribution in [0.2, 0.25) is 0 Å². The molecule has 1 N–H and O–H groups in total. The molecule has 0 aliphatic heterocycles. The molecule has 0 bridgehead atoms. The maximum Gasteiger partial charge on any atom is -0.000664 e. The van der Waals surface area contributed by atoms with Crippen molar-refractivity contribution in [1.82, 2.24) is 10.2 Å². The SMILES string of the molecule is C=C.C=C(CCC)c1ccccc1.C=CN/C=C(\C)CCCCN(CCC)CCC. The zero-order valence-electron chi connectivity index (χ0n) is 20.4. The first-order valence-electron chi connectivity index (χ1n) is 11.6. The molecule has 2 heteroatoms. The normalized spacial score (nSPS) is 10.4. The molecule has 0 atom stereocenters. The third kappa shape index (κ3) is 18.0. The van der Waals surface area contributed by atoms with Crippen molar-refractivity contribution in [1.29, 1.82) is 0 Å². The number of hydrogen-bond donors (Lipinski definition) is 1. The molecule has 0 heterocycles. The van der Waals surface area contributed by atoms with Crippen molar-refractivity contribution in [3.05, 3.63) is 80.2 Å². The van der Waals surface area contributed by atoms with Crippen LogP contribution in [0.5, 0.6) is 0 Å². The predicted molar refractivity (Wildman–Crippen MR) is 140 cm³/mol. The molecule has 0 aliphatic carbocycles.